The van der Waals surface area contributed by atoms with Crippen molar-refractivity contribution in [2.45, 2.75) is 393 Å². The number of hydrogen-bond donors (Lipinski definition) is 3. The second kappa shape index (κ2) is 75.7. The summed E-state index contributed by atoms with van der Waals surface area (Å²) in [5, 5.41) is 10.6. The first kappa shape index (κ1) is 98.5. The van der Waals surface area contributed by atoms with Crippen LogP contribution in [0.2, 0.25) is 0 Å². The monoisotopic (exact) mass is 1480 g/mol. The van der Waals surface area contributed by atoms with Crippen molar-refractivity contribution in [2.75, 3.05) is 39.6 Å². The highest BCUT2D eigenvalue weighted by Gasteiger charge is 2.30. The molecule has 0 aliphatic rings. The van der Waals surface area contributed by atoms with E-state index in [0.717, 1.165) is 173 Å². The van der Waals surface area contributed by atoms with Gasteiger partial charge < -0.3 is 33.8 Å². The average molecular weight is 1480 g/mol. The molecule has 102 heavy (non-hydrogen) atoms. The molecule has 0 heterocycles. The molecule has 0 fully saturated rings. The van der Waals surface area contributed by atoms with Crippen molar-refractivity contribution >= 4 is 39.5 Å². The van der Waals surface area contributed by atoms with Crippen LogP contribution in [0.25, 0.3) is 0 Å². The first-order valence-corrected chi connectivity index (χ1v) is 44.2. The van der Waals surface area contributed by atoms with Crippen LogP contribution in [0.4, 0.5) is 0 Å². The molecule has 0 amide bonds. The summed E-state index contributed by atoms with van der Waals surface area (Å²) in [6.45, 7) is 4.78. The number of rotatable bonds is 78. The molecule has 0 aliphatic carbocycles. The Morgan fingerprint density at radius 3 is 0.814 bits per heavy atom. The van der Waals surface area contributed by atoms with Crippen LogP contribution in [0.5, 0.6) is 0 Å². The third kappa shape index (κ3) is 74.8. The smallest absolute Gasteiger partial charge is 0.462 e. The zero-order valence-electron chi connectivity index (χ0n) is 65.0. The standard InChI is InChI=1S/C83H150O17P2/c1-5-9-13-17-21-25-29-33-37-38-42-44-48-52-56-60-64-68-81(86)94-74-79(100-83(88)70-66-62-58-54-50-46-41-36-32-28-24-20-16-12-8-4)76-98-102(91,92)96-72-77(84)71-95-101(89,90)97-75-78(99-82(87)69-65-61-57-53-49-45-40-35-31-27-23-19-15-11-7-3)73-93-80(85)67-63-59-55-51-47-43-39-34-30-26-22-18-14-10-6-2/h9,13,21-22,25-26,33-34,36-37,39,41,77-79,84H,5-8,10-12,14-20,23-24,27-32,35,38,40,42-76H2,1-4H3,(H,89,90)(H,91,92)/b13-9-,25-21-,26-22-,37-33-,39-34-,41-36-. The molecule has 0 aromatic carbocycles. The lowest BCUT2D eigenvalue weighted by atomic mass is 10.0. The second-order valence-electron chi connectivity index (χ2n) is 27.7. The van der Waals surface area contributed by atoms with E-state index in [4.69, 9.17) is 37.0 Å². The number of phosphoric ester groups is 2. The Hall–Kier alpha value is -3.50. The van der Waals surface area contributed by atoms with Crippen molar-refractivity contribution in [2.24, 2.45) is 0 Å². The number of carbonyl (C=O) groups excluding carboxylic acids is 4. The maximum absolute atomic E-state index is 13.1. The lowest BCUT2D eigenvalue weighted by molar-refractivity contribution is -0.161. The molecule has 0 aliphatic heterocycles. The van der Waals surface area contributed by atoms with Crippen molar-refractivity contribution in [1.82, 2.24) is 0 Å². The molecule has 19 heteroatoms. The van der Waals surface area contributed by atoms with Gasteiger partial charge in [-0.2, -0.15) is 0 Å². The Kier molecular flexibility index (Phi) is 73.1. The van der Waals surface area contributed by atoms with Gasteiger partial charge in [0.15, 0.2) is 12.2 Å². The van der Waals surface area contributed by atoms with E-state index in [1.165, 1.54) is 122 Å². The van der Waals surface area contributed by atoms with Crippen LogP contribution in [-0.2, 0) is 65.4 Å². The van der Waals surface area contributed by atoms with Crippen molar-refractivity contribution in [1.29, 1.82) is 0 Å². The molecule has 0 radical (unpaired) electrons. The fourth-order valence-corrected chi connectivity index (χ4v) is 13.0. The van der Waals surface area contributed by atoms with Crippen molar-refractivity contribution in [3.05, 3.63) is 72.9 Å². The Balaban J connectivity index is 5.35. The third-order valence-electron chi connectivity index (χ3n) is 17.7. The predicted molar refractivity (Wildman–Crippen MR) is 418 cm³/mol. The molecular weight excluding hydrogens is 1330 g/mol. The quantitative estimate of drug-likeness (QED) is 0.0169. The summed E-state index contributed by atoms with van der Waals surface area (Å²) in [5.74, 6) is -2.18. The molecule has 3 N–H and O–H groups in total. The highest BCUT2D eigenvalue weighted by Crippen LogP contribution is 2.45. The minimum absolute atomic E-state index is 0.0856. The largest absolute Gasteiger partial charge is 0.472 e. The van der Waals surface area contributed by atoms with Crippen molar-refractivity contribution < 1.29 is 80.2 Å². The number of phosphoric acid groups is 2. The Morgan fingerprint density at radius 1 is 0.284 bits per heavy atom. The number of esters is 4. The van der Waals surface area contributed by atoms with E-state index in [0.29, 0.717) is 25.7 Å². The first-order valence-electron chi connectivity index (χ1n) is 41.2. The van der Waals surface area contributed by atoms with E-state index in [2.05, 4.69) is 101 Å². The van der Waals surface area contributed by atoms with Crippen LogP contribution in [0.15, 0.2) is 72.9 Å². The van der Waals surface area contributed by atoms with Crippen LogP contribution >= 0.6 is 15.6 Å². The summed E-state index contributed by atoms with van der Waals surface area (Å²) in [7, 11) is -9.95. The van der Waals surface area contributed by atoms with Crippen LogP contribution in [0.1, 0.15) is 374 Å². The maximum Gasteiger partial charge on any atom is 0.472 e. The van der Waals surface area contributed by atoms with E-state index in [1.54, 1.807) is 0 Å². The van der Waals surface area contributed by atoms with Crippen LogP contribution < -0.4 is 0 Å². The van der Waals surface area contributed by atoms with Crippen LogP contribution in [0.3, 0.4) is 0 Å². The van der Waals surface area contributed by atoms with Gasteiger partial charge in [-0.05, 0) is 116 Å². The summed E-state index contributed by atoms with van der Waals surface area (Å²) < 4.78 is 68.7. The molecule has 0 saturated heterocycles. The number of allylic oxidation sites excluding steroid dienone is 12. The fraction of sp³-hybridized carbons (Fsp3) is 0.807. The zero-order chi connectivity index (χ0) is 74.6. The fourth-order valence-electron chi connectivity index (χ4n) is 11.4. The maximum atomic E-state index is 13.1. The lowest BCUT2D eigenvalue weighted by Gasteiger charge is -2.21. The van der Waals surface area contributed by atoms with Gasteiger partial charge in [0.2, 0.25) is 0 Å². The third-order valence-corrected chi connectivity index (χ3v) is 19.6. The molecule has 0 aromatic heterocycles. The van der Waals surface area contributed by atoms with Gasteiger partial charge in [-0.15, -0.1) is 0 Å². The van der Waals surface area contributed by atoms with Crippen LogP contribution in [-0.4, -0.2) is 96.7 Å². The van der Waals surface area contributed by atoms with E-state index in [9.17, 15) is 43.2 Å². The van der Waals surface area contributed by atoms with E-state index in [1.807, 2.05) is 0 Å². The molecule has 0 bridgehead atoms. The Labute approximate surface area is 622 Å². The molecule has 0 aromatic rings. The van der Waals surface area contributed by atoms with Gasteiger partial charge in [-0.3, -0.25) is 37.3 Å². The second-order valence-corrected chi connectivity index (χ2v) is 30.6. The molecule has 594 valence electrons. The number of carbonyl (C=O) groups is 4. The minimum atomic E-state index is -4.98. The number of aliphatic hydroxyl groups excluding tert-OH is 1. The normalized spacial score (nSPS) is 14.2. The number of hydrogen-bond acceptors (Lipinski definition) is 15. The summed E-state index contributed by atoms with van der Waals surface area (Å²) in [6, 6.07) is 0. The minimum Gasteiger partial charge on any atom is -0.462 e. The summed E-state index contributed by atoms with van der Waals surface area (Å²) >= 11 is 0. The van der Waals surface area contributed by atoms with Gasteiger partial charge in [0.25, 0.3) is 0 Å². The van der Waals surface area contributed by atoms with Crippen LogP contribution in [0, 0.1) is 0 Å². The zero-order valence-corrected chi connectivity index (χ0v) is 66.8. The average Bonchev–Trinajstić information content (AvgIpc) is 0.923. The molecule has 17 nitrogen and oxygen atoms in total. The van der Waals surface area contributed by atoms with Crippen molar-refractivity contribution in [3.8, 4) is 0 Å². The molecule has 5 atom stereocenters. The number of unbranched alkanes of at least 4 members (excludes halogenated alkanes) is 40. The summed E-state index contributed by atoms with van der Waals surface area (Å²) in [4.78, 5) is 73.1. The van der Waals surface area contributed by atoms with Gasteiger partial charge in [0.1, 0.15) is 19.3 Å². The molecule has 0 spiro atoms. The van der Waals surface area contributed by atoms with E-state index >= 15 is 0 Å². The summed E-state index contributed by atoms with van der Waals surface area (Å²) in [5.41, 5.74) is 0. The molecule has 0 saturated carbocycles. The number of aliphatic hydroxyl groups is 1. The Morgan fingerprint density at radius 2 is 0.510 bits per heavy atom. The summed E-state index contributed by atoms with van der Waals surface area (Å²) in [6.07, 6.45) is 77.2. The molecular formula is C83H150O17P2. The van der Waals surface area contributed by atoms with E-state index < -0.39 is 97.5 Å². The van der Waals surface area contributed by atoms with Gasteiger partial charge in [-0.25, -0.2) is 9.13 Å². The van der Waals surface area contributed by atoms with E-state index in [-0.39, 0.29) is 25.7 Å². The first-order chi connectivity index (χ1) is 49.7. The number of ether oxygens (including phenoxy) is 4. The van der Waals surface area contributed by atoms with Gasteiger partial charge in [-0.1, -0.05) is 306 Å². The van der Waals surface area contributed by atoms with Gasteiger partial charge in [0.05, 0.1) is 26.4 Å². The van der Waals surface area contributed by atoms with Gasteiger partial charge >= 0.3 is 39.5 Å². The highest BCUT2D eigenvalue weighted by molar-refractivity contribution is 7.47. The SMILES string of the molecule is CC/C=C\C/C=C\C/C=C\CCCCCCCCCC(=O)OCC(COP(=O)(O)OCC(O)COP(=O)(O)OCC(COC(=O)CCCCCCC/C=C\C/C=C\CCCCC)OC(=O)CCCCCCCCCCCCCCCCC)OC(=O)CCCCCCC/C=C\CCCCCCCC. The molecule has 5 unspecified atom stereocenters. The highest BCUT2D eigenvalue weighted by atomic mass is 31.2. The van der Waals surface area contributed by atoms with Gasteiger partial charge in [0, 0.05) is 25.7 Å². The lowest BCUT2D eigenvalue weighted by Crippen LogP contribution is -2.30. The van der Waals surface area contributed by atoms with Crippen molar-refractivity contribution in [3.63, 3.8) is 0 Å². The molecule has 0 rings (SSSR count). The Bertz CT molecular complexity index is 2210. The predicted octanol–water partition coefficient (Wildman–Crippen LogP) is 24.0. The topological polar surface area (TPSA) is 237 Å².